The Kier molecular flexibility index (Phi) is 6.42. The zero-order chi connectivity index (χ0) is 21.2. The van der Waals surface area contributed by atoms with Gasteiger partial charge in [-0.1, -0.05) is 17.7 Å². The third kappa shape index (κ3) is 4.53. The summed E-state index contributed by atoms with van der Waals surface area (Å²) in [6, 6.07) is 2.47. The van der Waals surface area contributed by atoms with Gasteiger partial charge in [0.15, 0.2) is 6.04 Å². The maximum atomic E-state index is 12.9. The van der Waals surface area contributed by atoms with Crippen LogP contribution in [-0.4, -0.2) is 69.8 Å². The Balaban J connectivity index is 1.88. The largest absolute Gasteiger partial charge is 0.368 e. The maximum Gasteiger partial charge on any atom is 0.250 e. The first kappa shape index (κ1) is 21.5. The van der Waals surface area contributed by atoms with Crippen LogP contribution in [0.1, 0.15) is 12.8 Å². The fourth-order valence-corrected chi connectivity index (χ4v) is 5.12. The topological polar surface area (TPSA) is 142 Å². The van der Waals surface area contributed by atoms with Gasteiger partial charge in [0.2, 0.25) is 21.8 Å². The van der Waals surface area contributed by atoms with Crippen molar-refractivity contribution in [2.45, 2.75) is 23.8 Å². The Hall–Kier alpha value is -2.21. The van der Waals surface area contributed by atoms with Gasteiger partial charge in [-0.3, -0.25) is 14.4 Å². The molecule has 4 N–H and O–H groups in total. The first-order valence-electron chi connectivity index (χ1n) is 9.12. The van der Waals surface area contributed by atoms with Crippen LogP contribution in [0.4, 0.5) is 5.69 Å². The number of carbonyl (C=O) groups excluding carboxylic acids is 3. The Morgan fingerprint density at radius 3 is 2.48 bits per heavy atom. The number of rotatable bonds is 6. The van der Waals surface area contributed by atoms with Crippen molar-refractivity contribution in [3.8, 4) is 0 Å². The molecule has 2 fully saturated rings. The lowest BCUT2D eigenvalue weighted by molar-refractivity contribution is -0.138. The van der Waals surface area contributed by atoms with Crippen molar-refractivity contribution in [2.75, 3.05) is 37.6 Å². The molecule has 0 aliphatic carbocycles. The number of anilines is 1. The molecule has 2 heterocycles. The Bertz CT molecular complexity index is 932. The number of sulfonamides is 1. The molecule has 0 radical (unpaired) electrons. The SMILES string of the molecule is NC(=O)[C@H](NS(=O)(=O)c1cccc(N2CCCC2=O)c1Cl)C(=O)N1CCNCC1. The summed E-state index contributed by atoms with van der Waals surface area (Å²) in [4.78, 5) is 38.9. The highest BCUT2D eigenvalue weighted by atomic mass is 35.5. The van der Waals surface area contributed by atoms with Crippen LogP contribution in [0.15, 0.2) is 23.1 Å². The van der Waals surface area contributed by atoms with Gasteiger partial charge in [-0.2, -0.15) is 4.72 Å². The van der Waals surface area contributed by atoms with E-state index in [-0.39, 0.29) is 21.5 Å². The molecular formula is C17H22ClN5O5S. The van der Waals surface area contributed by atoms with Crippen molar-refractivity contribution < 1.29 is 22.8 Å². The molecule has 12 heteroatoms. The van der Waals surface area contributed by atoms with Gasteiger partial charge in [0.1, 0.15) is 4.90 Å². The summed E-state index contributed by atoms with van der Waals surface area (Å²) in [6.45, 7) is 2.15. The number of carbonyl (C=O) groups is 3. The third-order valence-electron chi connectivity index (χ3n) is 4.83. The van der Waals surface area contributed by atoms with Crippen LogP contribution < -0.4 is 20.7 Å². The summed E-state index contributed by atoms with van der Waals surface area (Å²) in [5, 5.41) is 2.90. The number of primary amides is 1. The van der Waals surface area contributed by atoms with E-state index in [1.165, 1.54) is 21.9 Å². The number of benzene rings is 1. The zero-order valence-electron chi connectivity index (χ0n) is 15.6. The third-order valence-corrected chi connectivity index (χ3v) is 6.80. The predicted octanol–water partition coefficient (Wildman–Crippen LogP) is -0.969. The van der Waals surface area contributed by atoms with Gasteiger partial charge >= 0.3 is 0 Å². The average Bonchev–Trinajstić information content (AvgIpc) is 3.12. The van der Waals surface area contributed by atoms with E-state index in [1.54, 1.807) is 6.07 Å². The summed E-state index contributed by atoms with van der Waals surface area (Å²) in [5.41, 5.74) is 5.57. The second-order valence-electron chi connectivity index (χ2n) is 6.77. The van der Waals surface area contributed by atoms with Crippen molar-refractivity contribution in [3.05, 3.63) is 23.2 Å². The Labute approximate surface area is 173 Å². The van der Waals surface area contributed by atoms with E-state index >= 15 is 0 Å². The van der Waals surface area contributed by atoms with E-state index < -0.39 is 27.9 Å². The highest BCUT2D eigenvalue weighted by Gasteiger charge is 2.35. The number of halogens is 1. The average molecular weight is 444 g/mol. The summed E-state index contributed by atoms with van der Waals surface area (Å²) in [6.07, 6.45) is 1.00. The molecule has 0 spiro atoms. The van der Waals surface area contributed by atoms with Crippen LogP contribution in [0, 0.1) is 0 Å². The molecule has 2 aliphatic rings. The summed E-state index contributed by atoms with van der Waals surface area (Å²) >= 11 is 6.30. The molecule has 0 bridgehead atoms. The van der Waals surface area contributed by atoms with E-state index in [2.05, 4.69) is 10.0 Å². The van der Waals surface area contributed by atoms with Crippen LogP contribution in [0.5, 0.6) is 0 Å². The fraction of sp³-hybridized carbons (Fsp3) is 0.471. The second-order valence-corrected chi connectivity index (χ2v) is 8.83. The predicted molar refractivity (Wildman–Crippen MR) is 106 cm³/mol. The molecule has 0 unspecified atom stereocenters. The van der Waals surface area contributed by atoms with Crippen molar-refractivity contribution in [1.29, 1.82) is 0 Å². The molecule has 0 aromatic heterocycles. The lowest BCUT2D eigenvalue weighted by Gasteiger charge is -2.30. The number of nitrogens with zero attached hydrogens (tertiary/aromatic N) is 2. The number of hydrogen-bond acceptors (Lipinski definition) is 6. The van der Waals surface area contributed by atoms with Gasteiger partial charge in [-0.15, -0.1) is 0 Å². The van der Waals surface area contributed by atoms with Gasteiger partial charge in [-0.25, -0.2) is 8.42 Å². The van der Waals surface area contributed by atoms with Crippen molar-refractivity contribution >= 4 is 45.0 Å². The first-order valence-corrected chi connectivity index (χ1v) is 11.0. The molecule has 3 amide bonds. The van der Waals surface area contributed by atoms with E-state index in [4.69, 9.17) is 17.3 Å². The van der Waals surface area contributed by atoms with E-state index in [0.29, 0.717) is 45.6 Å². The summed E-state index contributed by atoms with van der Waals surface area (Å²) in [5.74, 6) is -1.98. The highest BCUT2D eigenvalue weighted by Crippen LogP contribution is 2.34. The minimum Gasteiger partial charge on any atom is -0.368 e. The van der Waals surface area contributed by atoms with Crippen LogP contribution in [-0.2, 0) is 24.4 Å². The van der Waals surface area contributed by atoms with E-state index in [1.807, 2.05) is 0 Å². The number of hydrogen-bond donors (Lipinski definition) is 3. The van der Waals surface area contributed by atoms with Crippen LogP contribution in [0.3, 0.4) is 0 Å². The fourth-order valence-electron chi connectivity index (χ4n) is 3.33. The molecule has 3 rings (SSSR count). The van der Waals surface area contributed by atoms with Gasteiger partial charge in [0.05, 0.1) is 10.7 Å². The quantitative estimate of drug-likeness (QED) is 0.483. The first-order chi connectivity index (χ1) is 13.7. The monoisotopic (exact) mass is 443 g/mol. The molecule has 2 saturated heterocycles. The molecule has 10 nitrogen and oxygen atoms in total. The standard InChI is InChI=1S/C17H22ClN5O5S/c18-14-11(23-8-2-5-13(23)24)3-1-4-12(14)29(27,28)21-15(16(19)25)17(26)22-9-6-20-7-10-22/h1,3-4,15,20-21H,2,5-10H2,(H2,19,25)/t15-/m0/s1. The normalized spacial score (nSPS) is 18.7. The second kappa shape index (κ2) is 8.66. The van der Waals surface area contributed by atoms with Crippen molar-refractivity contribution in [3.63, 3.8) is 0 Å². The van der Waals surface area contributed by atoms with Crippen LogP contribution in [0.2, 0.25) is 5.02 Å². The molecule has 1 atom stereocenters. The molecule has 1 aromatic carbocycles. The lowest BCUT2D eigenvalue weighted by atomic mass is 10.2. The molecule has 1 aromatic rings. The maximum absolute atomic E-state index is 12.9. The minimum atomic E-state index is -4.37. The van der Waals surface area contributed by atoms with E-state index in [9.17, 15) is 22.8 Å². The van der Waals surface area contributed by atoms with Gasteiger partial charge in [0.25, 0.3) is 5.91 Å². The molecule has 2 aliphatic heterocycles. The molecule has 29 heavy (non-hydrogen) atoms. The van der Waals surface area contributed by atoms with Crippen molar-refractivity contribution in [1.82, 2.24) is 14.9 Å². The van der Waals surface area contributed by atoms with Crippen LogP contribution in [0.25, 0.3) is 0 Å². The van der Waals surface area contributed by atoms with Gasteiger partial charge in [-0.05, 0) is 18.6 Å². The van der Waals surface area contributed by atoms with Crippen LogP contribution >= 0.6 is 11.6 Å². The van der Waals surface area contributed by atoms with Gasteiger partial charge < -0.3 is 20.9 Å². The minimum absolute atomic E-state index is 0.154. The van der Waals surface area contributed by atoms with Crippen molar-refractivity contribution in [2.24, 2.45) is 5.73 Å². The smallest absolute Gasteiger partial charge is 0.250 e. The number of nitrogens with two attached hydrogens (primary N) is 1. The number of piperazine rings is 1. The molecular weight excluding hydrogens is 422 g/mol. The zero-order valence-corrected chi connectivity index (χ0v) is 17.1. The summed E-state index contributed by atoms with van der Waals surface area (Å²) < 4.78 is 27.9. The molecule has 0 saturated carbocycles. The Morgan fingerprint density at radius 1 is 1.21 bits per heavy atom. The van der Waals surface area contributed by atoms with E-state index in [0.717, 1.165) is 0 Å². The summed E-state index contributed by atoms with van der Waals surface area (Å²) in [7, 11) is -4.37. The Morgan fingerprint density at radius 2 is 1.90 bits per heavy atom. The number of nitrogens with one attached hydrogen (secondary N) is 2. The molecule has 158 valence electrons. The number of amides is 3. The van der Waals surface area contributed by atoms with Gasteiger partial charge in [0, 0.05) is 39.1 Å². The highest BCUT2D eigenvalue weighted by molar-refractivity contribution is 7.89. The lowest BCUT2D eigenvalue weighted by Crippen LogP contribution is -2.58.